The molecule has 0 aliphatic carbocycles. The molecule has 0 aromatic rings. The molecule has 47 heavy (non-hydrogen) atoms. The predicted molar refractivity (Wildman–Crippen MR) is 144 cm³/mol. The average Bonchev–Trinajstić information content (AvgIpc) is 3.03. The predicted octanol–water partition coefficient (Wildman–Crippen LogP) is -8.58. The summed E-state index contributed by atoms with van der Waals surface area (Å²) >= 11 is 0. The summed E-state index contributed by atoms with van der Waals surface area (Å²) in [6, 6.07) is -1.41. The van der Waals surface area contributed by atoms with E-state index in [0.29, 0.717) is 0 Å². The fourth-order valence-electron chi connectivity index (χ4n) is 5.88. The number of ether oxygens (including phenoxy) is 7. The second-order valence-electron chi connectivity index (χ2n) is 11.9. The molecule has 0 spiro atoms. The zero-order chi connectivity index (χ0) is 34.9. The summed E-state index contributed by atoms with van der Waals surface area (Å²) in [6.45, 7) is 0.0542. The molecule has 0 saturated carbocycles. The fraction of sp³-hybridized carbons (Fsp3) is 0.962. The third-order valence-corrected chi connectivity index (χ3v) is 8.57. The van der Waals surface area contributed by atoms with Gasteiger partial charge in [0, 0.05) is 6.92 Å². The number of aliphatic hydroxyl groups excluding tert-OH is 12. The molecule has 0 aromatic heterocycles. The van der Waals surface area contributed by atoms with Crippen LogP contribution in [0.1, 0.15) is 13.8 Å². The number of carbonyl (C=O) groups is 1. The van der Waals surface area contributed by atoms with Crippen LogP contribution in [0.4, 0.5) is 0 Å². The van der Waals surface area contributed by atoms with E-state index in [9.17, 15) is 66.1 Å². The maximum absolute atomic E-state index is 11.8. The number of aliphatic hydroxyl groups is 12. The molecule has 4 aliphatic heterocycles. The van der Waals surface area contributed by atoms with Crippen LogP contribution >= 0.6 is 0 Å². The Kier molecular flexibility index (Phi) is 13.2. The third-order valence-electron chi connectivity index (χ3n) is 8.57. The lowest BCUT2D eigenvalue weighted by molar-refractivity contribution is -0.384. The number of rotatable bonds is 10. The van der Waals surface area contributed by atoms with Crippen molar-refractivity contribution >= 4 is 5.91 Å². The first-order chi connectivity index (χ1) is 22.1. The molecule has 1 unspecified atom stereocenters. The molecule has 1 amide bonds. The Labute approximate surface area is 267 Å². The van der Waals surface area contributed by atoms with Gasteiger partial charge in [-0.05, 0) is 6.92 Å². The first-order valence-corrected chi connectivity index (χ1v) is 15.0. The summed E-state index contributed by atoms with van der Waals surface area (Å²) < 4.78 is 38.5. The van der Waals surface area contributed by atoms with Crippen molar-refractivity contribution in [1.82, 2.24) is 5.32 Å². The second-order valence-corrected chi connectivity index (χ2v) is 11.9. The number of hydrogen-bond acceptors (Lipinski definition) is 20. The first-order valence-electron chi connectivity index (χ1n) is 15.0. The fourth-order valence-corrected chi connectivity index (χ4v) is 5.88. The molecular formula is C26H45NO20. The van der Waals surface area contributed by atoms with Gasteiger partial charge in [0.2, 0.25) is 5.91 Å². The Balaban J connectivity index is 1.48. The van der Waals surface area contributed by atoms with Crippen molar-refractivity contribution in [1.29, 1.82) is 0 Å². The largest absolute Gasteiger partial charge is 0.394 e. The summed E-state index contributed by atoms with van der Waals surface area (Å²) in [4.78, 5) is 11.8. The molecule has 274 valence electrons. The molecule has 0 aromatic carbocycles. The van der Waals surface area contributed by atoms with Crippen molar-refractivity contribution in [2.24, 2.45) is 0 Å². The highest BCUT2D eigenvalue weighted by molar-refractivity contribution is 5.73. The topological polar surface area (TPSA) is 336 Å². The van der Waals surface area contributed by atoms with Crippen molar-refractivity contribution in [2.45, 2.75) is 137 Å². The quantitative estimate of drug-likeness (QED) is 0.101. The highest BCUT2D eigenvalue weighted by atomic mass is 16.8. The minimum Gasteiger partial charge on any atom is -0.394 e. The van der Waals surface area contributed by atoms with Crippen LogP contribution < -0.4 is 5.32 Å². The molecule has 0 bridgehead atoms. The van der Waals surface area contributed by atoms with E-state index in [1.807, 2.05) is 0 Å². The Morgan fingerprint density at radius 1 is 0.553 bits per heavy atom. The van der Waals surface area contributed by atoms with Gasteiger partial charge >= 0.3 is 0 Å². The van der Waals surface area contributed by atoms with Gasteiger partial charge < -0.3 is 99.8 Å². The van der Waals surface area contributed by atoms with Gasteiger partial charge in [0.25, 0.3) is 0 Å². The van der Waals surface area contributed by atoms with Crippen LogP contribution in [0, 0.1) is 0 Å². The third kappa shape index (κ3) is 8.04. The van der Waals surface area contributed by atoms with Crippen molar-refractivity contribution in [3.8, 4) is 0 Å². The number of nitrogens with one attached hydrogen (secondary N) is 1. The van der Waals surface area contributed by atoms with Crippen LogP contribution in [0.2, 0.25) is 0 Å². The number of amides is 1. The molecule has 4 rings (SSSR count). The molecule has 4 heterocycles. The van der Waals surface area contributed by atoms with Crippen molar-refractivity contribution in [2.75, 3.05) is 19.8 Å². The molecule has 4 fully saturated rings. The van der Waals surface area contributed by atoms with E-state index < -0.39 is 148 Å². The van der Waals surface area contributed by atoms with Gasteiger partial charge in [-0.3, -0.25) is 4.79 Å². The van der Waals surface area contributed by atoms with Crippen LogP contribution in [-0.4, -0.2) is 210 Å². The van der Waals surface area contributed by atoms with Crippen LogP contribution in [0.25, 0.3) is 0 Å². The lowest BCUT2D eigenvalue weighted by atomic mass is 9.95. The Morgan fingerprint density at radius 2 is 1.04 bits per heavy atom. The maximum atomic E-state index is 11.8. The Morgan fingerprint density at radius 3 is 1.62 bits per heavy atom. The highest BCUT2D eigenvalue weighted by Crippen LogP contribution is 2.34. The smallest absolute Gasteiger partial charge is 0.217 e. The van der Waals surface area contributed by atoms with E-state index in [2.05, 4.69) is 5.32 Å². The van der Waals surface area contributed by atoms with Gasteiger partial charge in [-0.25, -0.2) is 0 Å². The molecule has 13 N–H and O–H groups in total. The molecule has 20 atom stereocenters. The van der Waals surface area contributed by atoms with Crippen LogP contribution in [-0.2, 0) is 38.0 Å². The van der Waals surface area contributed by atoms with Crippen molar-refractivity contribution in [3.63, 3.8) is 0 Å². The summed E-state index contributed by atoms with van der Waals surface area (Å²) in [5.41, 5.74) is 0. The second kappa shape index (κ2) is 16.2. The van der Waals surface area contributed by atoms with Crippen molar-refractivity contribution in [3.05, 3.63) is 0 Å². The maximum Gasteiger partial charge on any atom is 0.217 e. The van der Waals surface area contributed by atoms with E-state index >= 15 is 0 Å². The van der Waals surface area contributed by atoms with Crippen LogP contribution in [0.5, 0.6) is 0 Å². The van der Waals surface area contributed by atoms with Crippen LogP contribution in [0.3, 0.4) is 0 Å². The van der Waals surface area contributed by atoms with E-state index in [4.69, 9.17) is 33.2 Å². The minimum absolute atomic E-state index is 0.648. The highest BCUT2D eigenvalue weighted by Gasteiger charge is 2.55. The lowest BCUT2D eigenvalue weighted by Crippen LogP contribution is -2.68. The van der Waals surface area contributed by atoms with Crippen LogP contribution in [0.15, 0.2) is 0 Å². The first kappa shape index (κ1) is 38.5. The zero-order valence-electron chi connectivity index (χ0n) is 25.3. The van der Waals surface area contributed by atoms with Gasteiger partial charge in [-0.2, -0.15) is 0 Å². The van der Waals surface area contributed by atoms with E-state index in [1.165, 1.54) is 6.92 Å². The zero-order valence-corrected chi connectivity index (χ0v) is 25.3. The standard InChI is InChI=1S/C26H45NO20/c1-6-12(32)22(19(39)26(41-6)46-21-11(27-7(2)31)23(40)42-9(4-29)14(21)34)47-25-18(38)16(36)20(10(5-30)44-25)45-24-17(37)15(35)13(33)8(3-28)43-24/h6,8-26,28-30,32-40H,3-5H2,1-2H3,(H,27,31)/t6-,8+,9+,10+,11-,12-,13+,14+,15-,16+,17+,18+,19+,20+,21+,22+,23?,24+,25+,26-/m0/s1. The van der Waals surface area contributed by atoms with Crippen molar-refractivity contribution < 1.29 is 99.2 Å². The summed E-state index contributed by atoms with van der Waals surface area (Å²) in [6.07, 6.45) is -32.0. The molecule has 0 radical (unpaired) electrons. The van der Waals surface area contributed by atoms with Gasteiger partial charge in [0.05, 0.1) is 25.9 Å². The molecule has 4 saturated heterocycles. The molecule has 4 aliphatic rings. The van der Waals surface area contributed by atoms with E-state index in [-0.39, 0.29) is 0 Å². The number of carbonyl (C=O) groups excluding carboxylic acids is 1. The Hall–Kier alpha value is -1.29. The van der Waals surface area contributed by atoms with E-state index in [0.717, 1.165) is 6.92 Å². The normalized spacial score (nSPS) is 51.0. The number of hydrogen-bond donors (Lipinski definition) is 13. The average molecular weight is 692 g/mol. The van der Waals surface area contributed by atoms with Gasteiger partial charge in [0.1, 0.15) is 91.5 Å². The summed E-state index contributed by atoms with van der Waals surface area (Å²) in [5.74, 6) is -0.648. The summed E-state index contributed by atoms with van der Waals surface area (Å²) in [7, 11) is 0. The van der Waals surface area contributed by atoms with Gasteiger partial charge in [-0.15, -0.1) is 0 Å². The molecule has 21 heteroatoms. The minimum atomic E-state index is -2.01. The lowest BCUT2D eigenvalue weighted by Gasteiger charge is -2.49. The molecular weight excluding hydrogens is 646 g/mol. The monoisotopic (exact) mass is 691 g/mol. The summed E-state index contributed by atoms with van der Waals surface area (Å²) in [5, 5.41) is 127. The Bertz CT molecular complexity index is 1010. The van der Waals surface area contributed by atoms with Gasteiger partial charge in [-0.1, -0.05) is 0 Å². The SMILES string of the molecule is CC(=O)N[C@@H]1C(O)O[C@H](CO)[C@@H](O)[C@@H]1O[C@@H]1O[C@@H](C)[C@H](O)[C@@H](O[C@H]2O[C@H](CO)[C@@H](O[C@H]3O[C@H](CO)[C@@H](O)[C@H](O)[C@H]3O)[C@H](O)[C@H]2O)[C@H]1O. The van der Waals surface area contributed by atoms with Gasteiger partial charge in [0.15, 0.2) is 25.2 Å². The molecule has 21 nitrogen and oxygen atoms in total. The van der Waals surface area contributed by atoms with E-state index in [1.54, 1.807) is 0 Å².